The molecule has 0 unspecified atom stereocenters. The van der Waals surface area contributed by atoms with Gasteiger partial charge in [0.05, 0.1) is 18.2 Å². The van der Waals surface area contributed by atoms with Crippen molar-refractivity contribution in [3.8, 4) is 0 Å². The first kappa shape index (κ1) is 14.7. The summed E-state index contributed by atoms with van der Waals surface area (Å²) in [5.41, 5.74) is 6.05. The van der Waals surface area contributed by atoms with Crippen LogP contribution in [0.15, 0.2) is 30.3 Å². The van der Waals surface area contributed by atoms with Crippen LogP contribution >= 0.6 is 0 Å². The van der Waals surface area contributed by atoms with Crippen LogP contribution < -0.4 is 11.1 Å². The SMILES string of the molecule is CCC(N)(CC)C(=O)N[C@@H](CO)c1ccccc1. The smallest absolute Gasteiger partial charge is 0.240 e. The number of carbonyl (C=O) groups excluding carboxylic acids is 1. The Hall–Kier alpha value is -1.39. The molecular weight excluding hydrogens is 228 g/mol. The molecule has 0 fully saturated rings. The van der Waals surface area contributed by atoms with Gasteiger partial charge in [0.25, 0.3) is 0 Å². The zero-order chi connectivity index (χ0) is 13.6. The first-order chi connectivity index (χ1) is 8.57. The van der Waals surface area contributed by atoms with Gasteiger partial charge in [0.15, 0.2) is 0 Å². The third-order valence-electron chi connectivity index (χ3n) is 3.40. The standard InChI is InChI=1S/C14H22N2O2/c1-3-14(15,4-2)13(18)16-12(10-17)11-8-6-5-7-9-11/h5-9,12,17H,3-4,10,15H2,1-2H3,(H,16,18)/t12-/m0/s1. The van der Waals surface area contributed by atoms with Crippen LogP contribution in [-0.4, -0.2) is 23.2 Å². The van der Waals surface area contributed by atoms with Crippen molar-refractivity contribution in [2.45, 2.75) is 38.3 Å². The minimum absolute atomic E-state index is 0.140. The van der Waals surface area contributed by atoms with Gasteiger partial charge in [0, 0.05) is 0 Å². The Morgan fingerprint density at radius 3 is 2.33 bits per heavy atom. The molecule has 1 aromatic rings. The van der Waals surface area contributed by atoms with Crippen molar-refractivity contribution in [3.05, 3.63) is 35.9 Å². The Bertz CT molecular complexity index is 375. The van der Waals surface area contributed by atoms with E-state index in [0.29, 0.717) is 12.8 Å². The second-order valence-corrected chi connectivity index (χ2v) is 4.48. The van der Waals surface area contributed by atoms with Gasteiger partial charge in [-0.15, -0.1) is 0 Å². The van der Waals surface area contributed by atoms with E-state index in [2.05, 4.69) is 5.32 Å². The number of aliphatic hydroxyl groups is 1. The zero-order valence-corrected chi connectivity index (χ0v) is 11.0. The number of benzene rings is 1. The van der Waals surface area contributed by atoms with Gasteiger partial charge in [0.1, 0.15) is 0 Å². The fourth-order valence-electron chi connectivity index (χ4n) is 1.79. The van der Waals surface area contributed by atoms with Crippen molar-refractivity contribution in [2.24, 2.45) is 5.73 Å². The van der Waals surface area contributed by atoms with Gasteiger partial charge < -0.3 is 16.2 Å². The highest BCUT2D eigenvalue weighted by Gasteiger charge is 2.31. The lowest BCUT2D eigenvalue weighted by molar-refractivity contribution is -0.127. The second kappa shape index (κ2) is 6.52. The highest BCUT2D eigenvalue weighted by molar-refractivity contribution is 5.86. The molecule has 18 heavy (non-hydrogen) atoms. The third kappa shape index (κ3) is 3.31. The van der Waals surface area contributed by atoms with Crippen LogP contribution in [0.1, 0.15) is 38.3 Å². The molecule has 4 nitrogen and oxygen atoms in total. The molecule has 4 N–H and O–H groups in total. The summed E-state index contributed by atoms with van der Waals surface area (Å²) in [6.07, 6.45) is 1.14. The summed E-state index contributed by atoms with van der Waals surface area (Å²) < 4.78 is 0. The van der Waals surface area contributed by atoms with Crippen molar-refractivity contribution in [1.82, 2.24) is 5.32 Å². The van der Waals surface area contributed by atoms with E-state index >= 15 is 0 Å². The lowest BCUT2D eigenvalue weighted by Gasteiger charge is -2.28. The minimum atomic E-state index is -0.859. The summed E-state index contributed by atoms with van der Waals surface area (Å²) in [4.78, 5) is 12.1. The van der Waals surface area contributed by atoms with Crippen molar-refractivity contribution >= 4 is 5.91 Å². The molecule has 0 aliphatic carbocycles. The van der Waals surface area contributed by atoms with Crippen molar-refractivity contribution < 1.29 is 9.90 Å². The number of carbonyl (C=O) groups is 1. The van der Waals surface area contributed by atoms with Crippen LogP contribution in [0, 0.1) is 0 Å². The molecule has 1 aromatic carbocycles. The first-order valence-corrected chi connectivity index (χ1v) is 6.33. The lowest BCUT2D eigenvalue weighted by atomic mass is 9.92. The van der Waals surface area contributed by atoms with Crippen LogP contribution in [0.4, 0.5) is 0 Å². The first-order valence-electron chi connectivity index (χ1n) is 6.33. The Morgan fingerprint density at radius 1 is 1.33 bits per heavy atom. The van der Waals surface area contributed by atoms with E-state index in [1.807, 2.05) is 44.2 Å². The largest absolute Gasteiger partial charge is 0.394 e. The molecule has 0 saturated heterocycles. The zero-order valence-electron chi connectivity index (χ0n) is 11.0. The monoisotopic (exact) mass is 250 g/mol. The molecule has 4 heteroatoms. The van der Waals surface area contributed by atoms with Gasteiger partial charge in [-0.2, -0.15) is 0 Å². The molecule has 0 radical (unpaired) electrons. The Labute approximate surface area is 108 Å². The molecule has 0 spiro atoms. The summed E-state index contributed by atoms with van der Waals surface area (Å²) in [7, 11) is 0. The highest BCUT2D eigenvalue weighted by atomic mass is 16.3. The van der Waals surface area contributed by atoms with Gasteiger partial charge in [-0.25, -0.2) is 0 Å². The molecule has 0 heterocycles. The lowest BCUT2D eigenvalue weighted by Crippen LogP contribution is -2.54. The van der Waals surface area contributed by atoms with Crippen LogP contribution in [0.2, 0.25) is 0 Å². The predicted octanol–water partition coefficient (Wildman–Crippen LogP) is 1.35. The molecule has 0 saturated carbocycles. The maximum absolute atomic E-state index is 12.1. The van der Waals surface area contributed by atoms with Crippen molar-refractivity contribution in [1.29, 1.82) is 0 Å². The van der Waals surface area contributed by atoms with Crippen LogP contribution in [0.3, 0.4) is 0 Å². The maximum Gasteiger partial charge on any atom is 0.240 e. The van der Waals surface area contributed by atoms with Gasteiger partial charge in [-0.3, -0.25) is 4.79 Å². The predicted molar refractivity (Wildman–Crippen MR) is 71.9 cm³/mol. The molecule has 0 bridgehead atoms. The summed E-state index contributed by atoms with van der Waals surface area (Å²) in [6.45, 7) is 3.64. The Balaban J connectivity index is 2.79. The summed E-state index contributed by atoms with van der Waals surface area (Å²) in [5, 5.41) is 12.2. The van der Waals surface area contributed by atoms with Gasteiger partial charge >= 0.3 is 0 Å². The third-order valence-corrected chi connectivity index (χ3v) is 3.40. The van der Waals surface area contributed by atoms with E-state index in [-0.39, 0.29) is 12.5 Å². The topological polar surface area (TPSA) is 75.4 Å². The van der Waals surface area contributed by atoms with E-state index in [1.54, 1.807) is 0 Å². The summed E-state index contributed by atoms with van der Waals surface area (Å²) >= 11 is 0. The molecule has 1 rings (SSSR count). The molecule has 100 valence electrons. The minimum Gasteiger partial charge on any atom is -0.394 e. The van der Waals surface area contributed by atoms with Crippen LogP contribution in [0.25, 0.3) is 0 Å². The molecule has 0 aliphatic heterocycles. The van der Waals surface area contributed by atoms with E-state index < -0.39 is 11.6 Å². The second-order valence-electron chi connectivity index (χ2n) is 4.48. The average molecular weight is 250 g/mol. The highest BCUT2D eigenvalue weighted by Crippen LogP contribution is 2.16. The Morgan fingerprint density at radius 2 is 1.89 bits per heavy atom. The van der Waals surface area contributed by atoms with Crippen LogP contribution in [0.5, 0.6) is 0 Å². The number of aliphatic hydroxyl groups excluding tert-OH is 1. The maximum atomic E-state index is 12.1. The number of hydrogen-bond donors (Lipinski definition) is 3. The quantitative estimate of drug-likeness (QED) is 0.713. The van der Waals surface area contributed by atoms with E-state index in [0.717, 1.165) is 5.56 Å². The molecule has 1 atom stereocenters. The fourth-order valence-corrected chi connectivity index (χ4v) is 1.79. The molecular formula is C14H22N2O2. The number of hydrogen-bond acceptors (Lipinski definition) is 3. The van der Waals surface area contributed by atoms with Crippen molar-refractivity contribution in [3.63, 3.8) is 0 Å². The fraction of sp³-hybridized carbons (Fsp3) is 0.500. The number of nitrogens with one attached hydrogen (secondary N) is 1. The number of amides is 1. The molecule has 0 aromatic heterocycles. The molecule has 0 aliphatic rings. The van der Waals surface area contributed by atoms with Crippen molar-refractivity contribution in [2.75, 3.05) is 6.61 Å². The molecule has 1 amide bonds. The van der Waals surface area contributed by atoms with E-state index in [9.17, 15) is 9.90 Å². The summed E-state index contributed by atoms with van der Waals surface area (Å²) in [6, 6.07) is 8.98. The average Bonchev–Trinajstić information content (AvgIpc) is 2.44. The van der Waals surface area contributed by atoms with E-state index in [4.69, 9.17) is 5.73 Å². The van der Waals surface area contributed by atoms with Gasteiger partial charge in [0.2, 0.25) is 5.91 Å². The van der Waals surface area contributed by atoms with Gasteiger partial charge in [-0.1, -0.05) is 44.2 Å². The number of nitrogens with two attached hydrogens (primary N) is 1. The van der Waals surface area contributed by atoms with Crippen LogP contribution in [-0.2, 0) is 4.79 Å². The van der Waals surface area contributed by atoms with E-state index in [1.165, 1.54) is 0 Å². The number of rotatable bonds is 6. The normalized spacial score (nSPS) is 13.1. The Kier molecular flexibility index (Phi) is 5.31. The van der Waals surface area contributed by atoms with Gasteiger partial charge in [-0.05, 0) is 18.4 Å². The summed E-state index contributed by atoms with van der Waals surface area (Å²) in [5.74, 6) is -0.213.